The van der Waals surface area contributed by atoms with Crippen LogP contribution >= 0.6 is 0 Å². The van der Waals surface area contributed by atoms with Crippen LogP contribution in [0.15, 0.2) is 11.6 Å². The van der Waals surface area contributed by atoms with E-state index in [0.717, 1.165) is 19.5 Å². The van der Waals surface area contributed by atoms with E-state index < -0.39 is 0 Å². The highest BCUT2D eigenvalue weighted by atomic mass is 16.7. The average Bonchev–Trinajstić information content (AvgIpc) is 2.37. The van der Waals surface area contributed by atoms with E-state index >= 15 is 0 Å². The Labute approximate surface area is 98.4 Å². The maximum Gasteiger partial charge on any atom is 0.181 e. The highest BCUT2D eigenvalue weighted by Crippen LogP contribution is 2.41. The molecule has 2 aliphatic rings. The molecule has 0 aromatic rings. The van der Waals surface area contributed by atoms with Crippen molar-refractivity contribution >= 4 is 0 Å². The normalized spacial score (nSPS) is 30.4. The van der Waals surface area contributed by atoms with E-state index in [2.05, 4.69) is 45.7 Å². The molecule has 0 aromatic heterocycles. The first-order valence-electron chi connectivity index (χ1n) is 6.05. The standard InChI is InChI=1S/C13H23NO2/c1-12(2)13(3,4)16-11(15-12)10-6-8-14(5)9-7-10/h6,11H,7-9H2,1-5H3. The van der Waals surface area contributed by atoms with Crippen molar-refractivity contribution in [2.45, 2.75) is 51.6 Å². The minimum Gasteiger partial charge on any atom is -0.340 e. The molecule has 1 saturated heterocycles. The highest BCUT2D eigenvalue weighted by Gasteiger charge is 2.49. The van der Waals surface area contributed by atoms with Crippen LogP contribution in [0.2, 0.25) is 0 Å². The van der Waals surface area contributed by atoms with Gasteiger partial charge in [0.1, 0.15) is 0 Å². The molecule has 0 saturated carbocycles. The lowest BCUT2D eigenvalue weighted by Gasteiger charge is -2.30. The first kappa shape index (κ1) is 12.1. The van der Waals surface area contributed by atoms with Crippen LogP contribution in [0, 0.1) is 0 Å². The lowest BCUT2D eigenvalue weighted by molar-refractivity contribution is -0.0622. The molecule has 0 atom stereocenters. The fourth-order valence-electron chi connectivity index (χ4n) is 1.99. The van der Waals surface area contributed by atoms with Crippen LogP contribution < -0.4 is 0 Å². The predicted octanol–water partition coefficient (Wildman–Crippen LogP) is 2.18. The lowest BCUT2D eigenvalue weighted by atomic mass is 9.90. The van der Waals surface area contributed by atoms with Gasteiger partial charge in [-0.25, -0.2) is 0 Å². The molecule has 0 amide bonds. The Morgan fingerprint density at radius 3 is 2.19 bits per heavy atom. The average molecular weight is 225 g/mol. The van der Waals surface area contributed by atoms with Crippen LogP contribution in [0.3, 0.4) is 0 Å². The van der Waals surface area contributed by atoms with Crippen molar-refractivity contribution in [2.24, 2.45) is 0 Å². The second-order valence-electron chi connectivity index (χ2n) is 5.88. The molecule has 2 aliphatic heterocycles. The zero-order chi connectivity index (χ0) is 12.0. The SMILES string of the molecule is CN1CC=C(C2OC(C)(C)C(C)(C)O2)CC1. The predicted molar refractivity (Wildman–Crippen MR) is 64.3 cm³/mol. The summed E-state index contributed by atoms with van der Waals surface area (Å²) in [6, 6.07) is 0. The Bertz CT molecular complexity index is 291. The van der Waals surface area contributed by atoms with Crippen molar-refractivity contribution < 1.29 is 9.47 Å². The summed E-state index contributed by atoms with van der Waals surface area (Å²) in [6.07, 6.45) is 3.15. The van der Waals surface area contributed by atoms with E-state index in [1.54, 1.807) is 0 Å². The Hall–Kier alpha value is -0.380. The summed E-state index contributed by atoms with van der Waals surface area (Å²) in [5, 5.41) is 0. The topological polar surface area (TPSA) is 21.7 Å². The lowest BCUT2D eigenvalue weighted by Crippen LogP contribution is -2.41. The van der Waals surface area contributed by atoms with E-state index in [-0.39, 0.29) is 17.5 Å². The monoisotopic (exact) mass is 225 g/mol. The molecule has 3 heteroatoms. The Kier molecular flexibility index (Phi) is 2.89. The third-order valence-electron chi connectivity index (χ3n) is 4.00. The summed E-state index contributed by atoms with van der Waals surface area (Å²) in [5.41, 5.74) is 0.862. The second-order valence-corrected chi connectivity index (χ2v) is 5.88. The first-order valence-corrected chi connectivity index (χ1v) is 6.05. The van der Waals surface area contributed by atoms with Gasteiger partial charge in [0, 0.05) is 13.1 Å². The summed E-state index contributed by atoms with van der Waals surface area (Å²) in [6.45, 7) is 10.5. The van der Waals surface area contributed by atoms with Crippen LogP contribution in [-0.4, -0.2) is 42.5 Å². The summed E-state index contributed by atoms with van der Waals surface area (Å²) in [5.74, 6) is 0. The first-order chi connectivity index (χ1) is 7.32. The largest absolute Gasteiger partial charge is 0.340 e. The van der Waals surface area contributed by atoms with Gasteiger partial charge in [-0.15, -0.1) is 0 Å². The Morgan fingerprint density at radius 1 is 1.19 bits per heavy atom. The second kappa shape index (κ2) is 3.83. The number of nitrogens with zero attached hydrogens (tertiary/aromatic N) is 1. The smallest absolute Gasteiger partial charge is 0.181 e. The molecule has 3 nitrogen and oxygen atoms in total. The maximum absolute atomic E-state index is 6.03. The number of hydrogen-bond donors (Lipinski definition) is 0. The van der Waals surface area contributed by atoms with Gasteiger partial charge in [-0.05, 0) is 46.7 Å². The minimum absolute atomic E-state index is 0.140. The number of likely N-dealkylation sites (N-methyl/N-ethyl adjacent to an activating group) is 1. The summed E-state index contributed by atoms with van der Waals surface area (Å²) in [4.78, 5) is 2.30. The van der Waals surface area contributed by atoms with Crippen molar-refractivity contribution in [2.75, 3.05) is 20.1 Å². The molecule has 0 unspecified atom stereocenters. The highest BCUT2D eigenvalue weighted by molar-refractivity contribution is 5.13. The van der Waals surface area contributed by atoms with Gasteiger partial charge in [-0.3, -0.25) is 0 Å². The van der Waals surface area contributed by atoms with Gasteiger partial charge in [0.05, 0.1) is 11.2 Å². The Balaban J connectivity index is 2.09. The van der Waals surface area contributed by atoms with E-state index in [9.17, 15) is 0 Å². The van der Waals surface area contributed by atoms with Crippen molar-refractivity contribution in [3.8, 4) is 0 Å². The van der Waals surface area contributed by atoms with Crippen molar-refractivity contribution in [1.82, 2.24) is 4.90 Å². The van der Waals surface area contributed by atoms with Crippen LogP contribution in [0.4, 0.5) is 0 Å². The summed E-state index contributed by atoms with van der Waals surface area (Å²) < 4.78 is 12.1. The molecule has 0 aliphatic carbocycles. The third kappa shape index (κ3) is 2.04. The molecule has 92 valence electrons. The number of hydrogen-bond acceptors (Lipinski definition) is 3. The fraction of sp³-hybridized carbons (Fsp3) is 0.846. The molecule has 2 heterocycles. The molecule has 1 fully saturated rings. The molecule has 0 radical (unpaired) electrons. The molecule has 0 aromatic carbocycles. The molecular formula is C13H23NO2. The van der Waals surface area contributed by atoms with Gasteiger partial charge >= 0.3 is 0 Å². The quantitative estimate of drug-likeness (QED) is 0.638. The van der Waals surface area contributed by atoms with Crippen LogP contribution in [0.1, 0.15) is 34.1 Å². The third-order valence-corrected chi connectivity index (χ3v) is 4.00. The van der Waals surface area contributed by atoms with E-state index in [1.165, 1.54) is 5.57 Å². The summed E-state index contributed by atoms with van der Waals surface area (Å²) >= 11 is 0. The van der Waals surface area contributed by atoms with Gasteiger partial charge in [-0.1, -0.05) is 6.08 Å². The van der Waals surface area contributed by atoms with Crippen LogP contribution in [0.25, 0.3) is 0 Å². The molecule has 0 N–H and O–H groups in total. The molecule has 0 bridgehead atoms. The number of ether oxygens (including phenoxy) is 2. The Morgan fingerprint density at radius 2 is 1.75 bits per heavy atom. The van der Waals surface area contributed by atoms with Crippen LogP contribution in [-0.2, 0) is 9.47 Å². The fourth-order valence-corrected chi connectivity index (χ4v) is 1.99. The summed E-state index contributed by atoms with van der Waals surface area (Å²) in [7, 11) is 2.14. The van der Waals surface area contributed by atoms with Crippen molar-refractivity contribution in [3.05, 3.63) is 11.6 Å². The van der Waals surface area contributed by atoms with Crippen molar-refractivity contribution in [3.63, 3.8) is 0 Å². The minimum atomic E-state index is -0.220. The van der Waals surface area contributed by atoms with Gasteiger partial charge in [0.15, 0.2) is 6.29 Å². The van der Waals surface area contributed by atoms with Gasteiger partial charge in [0.25, 0.3) is 0 Å². The molecule has 16 heavy (non-hydrogen) atoms. The molecule has 0 spiro atoms. The van der Waals surface area contributed by atoms with E-state index in [0.29, 0.717) is 0 Å². The number of rotatable bonds is 1. The van der Waals surface area contributed by atoms with E-state index in [1.807, 2.05) is 0 Å². The van der Waals surface area contributed by atoms with Gasteiger partial charge in [0.2, 0.25) is 0 Å². The zero-order valence-electron chi connectivity index (χ0n) is 11.0. The van der Waals surface area contributed by atoms with E-state index in [4.69, 9.17) is 9.47 Å². The zero-order valence-corrected chi connectivity index (χ0v) is 11.0. The molecular weight excluding hydrogens is 202 g/mol. The van der Waals surface area contributed by atoms with Crippen molar-refractivity contribution in [1.29, 1.82) is 0 Å². The van der Waals surface area contributed by atoms with Gasteiger partial charge < -0.3 is 14.4 Å². The van der Waals surface area contributed by atoms with Crippen LogP contribution in [0.5, 0.6) is 0 Å². The maximum atomic E-state index is 6.03. The van der Waals surface area contributed by atoms with Gasteiger partial charge in [-0.2, -0.15) is 0 Å². The molecule has 2 rings (SSSR count).